The fourth-order valence-corrected chi connectivity index (χ4v) is 4.68. The summed E-state index contributed by atoms with van der Waals surface area (Å²) in [6.45, 7) is 4.69. The van der Waals surface area contributed by atoms with Crippen LogP contribution in [0, 0.1) is 0 Å². The third-order valence-corrected chi connectivity index (χ3v) is 6.62. The summed E-state index contributed by atoms with van der Waals surface area (Å²) in [5.74, 6) is 1.47. The summed E-state index contributed by atoms with van der Waals surface area (Å²) in [6, 6.07) is 10.5. The lowest BCUT2D eigenvalue weighted by Gasteiger charge is -2.31. The van der Waals surface area contributed by atoms with E-state index in [2.05, 4.69) is 50.5 Å². The summed E-state index contributed by atoms with van der Waals surface area (Å²) in [4.78, 5) is 8.86. The Bertz CT molecular complexity index is 745. The van der Waals surface area contributed by atoms with Gasteiger partial charge in [0.15, 0.2) is 15.8 Å². The van der Waals surface area contributed by atoms with E-state index in [1.807, 2.05) is 13.1 Å². The van der Waals surface area contributed by atoms with E-state index in [1.54, 1.807) is 0 Å². The standard InChI is InChI=1S/C19H28N4O2S/c1-20-19(21-9-12-22-13-15-26(24,25)16-14-22)23-10-7-18(8-11-23)17-5-3-2-4-6-17/h2-7H,8-16H2,1H3,(H,20,21). The molecule has 0 saturated carbocycles. The molecule has 2 heterocycles. The van der Waals surface area contributed by atoms with E-state index in [0.29, 0.717) is 13.1 Å². The first-order valence-electron chi connectivity index (χ1n) is 9.20. The molecule has 1 aromatic rings. The fourth-order valence-electron chi connectivity index (χ4n) is 3.41. The highest BCUT2D eigenvalue weighted by Gasteiger charge is 2.21. The number of nitrogens with zero attached hydrogens (tertiary/aromatic N) is 3. The second-order valence-electron chi connectivity index (χ2n) is 6.76. The summed E-state index contributed by atoms with van der Waals surface area (Å²) in [7, 11) is -0.996. The van der Waals surface area contributed by atoms with Crippen LogP contribution in [0.15, 0.2) is 41.4 Å². The summed E-state index contributed by atoms with van der Waals surface area (Å²) in [5, 5.41) is 3.42. The van der Waals surface area contributed by atoms with Crippen LogP contribution in [0.5, 0.6) is 0 Å². The van der Waals surface area contributed by atoms with Gasteiger partial charge >= 0.3 is 0 Å². The molecule has 0 atom stereocenters. The van der Waals surface area contributed by atoms with Gasteiger partial charge in [0.05, 0.1) is 11.5 Å². The van der Waals surface area contributed by atoms with E-state index in [0.717, 1.165) is 38.6 Å². The maximum absolute atomic E-state index is 11.5. The Balaban J connectivity index is 1.46. The average Bonchev–Trinajstić information content (AvgIpc) is 2.67. The molecule has 6 nitrogen and oxygen atoms in total. The zero-order chi connectivity index (χ0) is 18.4. The molecule has 2 aliphatic heterocycles. The molecule has 142 valence electrons. The van der Waals surface area contributed by atoms with Crippen molar-refractivity contribution in [2.45, 2.75) is 6.42 Å². The van der Waals surface area contributed by atoms with Crippen molar-refractivity contribution in [2.75, 3.05) is 57.8 Å². The topological polar surface area (TPSA) is 65.0 Å². The van der Waals surface area contributed by atoms with Crippen LogP contribution in [0.3, 0.4) is 0 Å². The van der Waals surface area contributed by atoms with E-state index >= 15 is 0 Å². The van der Waals surface area contributed by atoms with Crippen molar-refractivity contribution in [3.05, 3.63) is 42.0 Å². The number of guanidine groups is 1. The Labute approximate surface area is 156 Å². The van der Waals surface area contributed by atoms with Gasteiger partial charge in [0.1, 0.15) is 0 Å². The molecule has 1 fully saturated rings. The molecule has 2 aliphatic rings. The second kappa shape index (κ2) is 8.68. The van der Waals surface area contributed by atoms with Crippen molar-refractivity contribution in [1.82, 2.24) is 15.1 Å². The number of benzene rings is 1. The van der Waals surface area contributed by atoms with Gasteiger partial charge in [0.2, 0.25) is 0 Å². The Morgan fingerprint density at radius 3 is 2.50 bits per heavy atom. The van der Waals surface area contributed by atoms with Gasteiger partial charge in [-0.15, -0.1) is 0 Å². The number of sulfone groups is 1. The van der Waals surface area contributed by atoms with Crippen LogP contribution in [0.2, 0.25) is 0 Å². The highest BCUT2D eigenvalue weighted by atomic mass is 32.2. The van der Waals surface area contributed by atoms with Crippen molar-refractivity contribution < 1.29 is 8.42 Å². The van der Waals surface area contributed by atoms with Gasteiger partial charge in [-0.3, -0.25) is 9.89 Å². The normalized spacial score (nSPS) is 21.3. The number of aliphatic imine (C=N–C) groups is 1. The first-order chi connectivity index (χ1) is 12.6. The molecule has 0 bridgehead atoms. The third-order valence-electron chi connectivity index (χ3n) is 5.01. The molecule has 3 rings (SSSR count). The minimum atomic E-state index is -2.81. The molecule has 1 N–H and O–H groups in total. The Morgan fingerprint density at radius 1 is 1.15 bits per heavy atom. The minimum absolute atomic E-state index is 0.279. The van der Waals surface area contributed by atoms with Gasteiger partial charge in [0, 0.05) is 46.3 Å². The minimum Gasteiger partial charge on any atom is -0.355 e. The summed E-state index contributed by atoms with van der Waals surface area (Å²) in [5.41, 5.74) is 2.70. The van der Waals surface area contributed by atoms with E-state index < -0.39 is 9.84 Å². The van der Waals surface area contributed by atoms with Crippen LogP contribution in [0.4, 0.5) is 0 Å². The van der Waals surface area contributed by atoms with Crippen molar-refractivity contribution in [2.24, 2.45) is 4.99 Å². The molecule has 1 saturated heterocycles. The van der Waals surface area contributed by atoms with Gasteiger partial charge in [-0.2, -0.15) is 0 Å². The Hall–Kier alpha value is -1.86. The van der Waals surface area contributed by atoms with Gasteiger partial charge < -0.3 is 10.2 Å². The summed E-state index contributed by atoms with van der Waals surface area (Å²) in [6.07, 6.45) is 3.29. The molecule has 0 radical (unpaired) electrons. The smallest absolute Gasteiger partial charge is 0.193 e. The predicted molar refractivity (Wildman–Crippen MR) is 107 cm³/mol. The number of rotatable bonds is 4. The Kier molecular flexibility index (Phi) is 6.32. The van der Waals surface area contributed by atoms with Crippen LogP contribution >= 0.6 is 0 Å². The van der Waals surface area contributed by atoms with Crippen molar-refractivity contribution in [1.29, 1.82) is 0 Å². The van der Waals surface area contributed by atoms with Gasteiger partial charge in [-0.05, 0) is 17.6 Å². The largest absolute Gasteiger partial charge is 0.355 e. The van der Waals surface area contributed by atoms with Crippen molar-refractivity contribution in [3.63, 3.8) is 0 Å². The fraction of sp³-hybridized carbons (Fsp3) is 0.526. The van der Waals surface area contributed by atoms with Gasteiger partial charge in [0.25, 0.3) is 0 Å². The molecule has 0 amide bonds. The number of hydrogen-bond donors (Lipinski definition) is 1. The maximum atomic E-state index is 11.5. The van der Waals surface area contributed by atoms with E-state index in [9.17, 15) is 8.42 Å². The summed E-state index contributed by atoms with van der Waals surface area (Å²) < 4.78 is 23.0. The Morgan fingerprint density at radius 2 is 1.88 bits per heavy atom. The van der Waals surface area contributed by atoms with E-state index in [1.165, 1.54) is 11.1 Å². The third kappa shape index (κ3) is 5.08. The number of hydrogen-bond acceptors (Lipinski definition) is 4. The van der Waals surface area contributed by atoms with E-state index in [-0.39, 0.29) is 11.5 Å². The van der Waals surface area contributed by atoms with Crippen molar-refractivity contribution in [3.8, 4) is 0 Å². The van der Waals surface area contributed by atoms with Crippen LogP contribution in [0.1, 0.15) is 12.0 Å². The molecule has 0 aromatic heterocycles. The van der Waals surface area contributed by atoms with Crippen LogP contribution in [0.25, 0.3) is 5.57 Å². The zero-order valence-corrected chi connectivity index (χ0v) is 16.2. The van der Waals surface area contributed by atoms with Crippen molar-refractivity contribution >= 4 is 21.4 Å². The highest BCUT2D eigenvalue weighted by molar-refractivity contribution is 7.91. The van der Waals surface area contributed by atoms with Gasteiger partial charge in [-0.1, -0.05) is 36.4 Å². The molecular formula is C19H28N4O2S. The highest BCUT2D eigenvalue weighted by Crippen LogP contribution is 2.21. The van der Waals surface area contributed by atoms with Crippen LogP contribution in [-0.4, -0.2) is 82.0 Å². The molecule has 0 unspecified atom stereocenters. The zero-order valence-electron chi connectivity index (χ0n) is 15.4. The lowest BCUT2D eigenvalue weighted by atomic mass is 10.00. The average molecular weight is 377 g/mol. The van der Waals surface area contributed by atoms with Crippen LogP contribution < -0.4 is 5.32 Å². The first-order valence-corrected chi connectivity index (χ1v) is 11.0. The molecule has 26 heavy (non-hydrogen) atoms. The maximum Gasteiger partial charge on any atom is 0.193 e. The molecule has 1 aromatic carbocycles. The quantitative estimate of drug-likeness (QED) is 0.629. The molecule has 0 spiro atoms. The molecular weight excluding hydrogens is 348 g/mol. The lowest BCUT2D eigenvalue weighted by Crippen LogP contribution is -2.47. The SMILES string of the molecule is CN=C(NCCN1CCS(=O)(=O)CC1)N1CC=C(c2ccccc2)CC1. The van der Waals surface area contributed by atoms with E-state index in [4.69, 9.17) is 0 Å². The van der Waals surface area contributed by atoms with Crippen LogP contribution in [-0.2, 0) is 9.84 Å². The first kappa shape index (κ1) is 18.9. The predicted octanol–water partition coefficient (Wildman–Crippen LogP) is 1.08. The second-order valence-corrected chi connectivity index (χ2v) is 9.06. The lowest BCUT2D eigenvalue weighted by molar-refractivity contribution is 0.297. The monoisotopic (exact) mass is 376 g/mol. The molecule has 7 heteroatoms. The molecule has 0 aliphatic carbocycles. The van der Waals surface area contributed by atoms with Gasteiger partial charge in [-0.25, -0.2) is 8.42 Å². The number of nitrogens with one attached hydrogen (secondary N) is 1. The summed E-state index contributed by atoms with van der Waals surface area (Å²) >= 11 is 0.